The molecular weight excluding hydrogens is 668 g/mol. The average Bonchev–Trinajstić information content (AvgIpc) is 3.37. The molecule has 6 atom stereocenters. The molecule has 52 heavy (non-hydrogen) atoms. The smallest absolute Gasteiger partial charge is 0.412 e. The van der Waals surface area contributed by atoms with Gasteiger partial charge in [0, 0.05) is 26.6 Å². The van der Waals surface area contributed by atoms with E-state index in [1.165, 1.54) is 9.80 Å². The van der Waals surface area contributed by atoms with Crippen LogP contribution in [0.5, 0.6) is 0 Å². The molecule has 0 spiro atoms. The zero-order valence-corrected chi connectivity index (χ0v) is 32.1. The van der Waals surface area contributed by atoms with Crippen molar-refractivity contribution in [2.24, 2.45) is 28.6 Å². The molecule has 1 unspecified atom stereocenters. The highest BCUT2D eigenvalue weighted by Gasteiger charge is 2.70. The number of nitrogens with zero attached hydrogens (tertiary/aromatic N) is 2. The number of carbonyl (C=O) groups excluding carboxylic acids is 7. The molecular formula is C38H56N6O8. The van der Waals surface area contributed by atoms with Gasteiger partial charge in [-0.3, -0.25) is 28.8 Å². The lowest BCUT2D eigenvalue weighted by molar-refractivity contribution is -0.145. The maximum atomic E-state index is 14.1. The molecule has 1 aliphatic carbocycles. The number of hydrogen-bond donors (Lipinski definition) is 4. The van der Waals surface area contributed by atoms with E-state index in [1.807, 2.05) is 27.7 Å². The van der Waals surface area contributed by atoms with Gasteiger partial charge in [0.15, 0.2) is 0 Å². The third-order valence-corrected chi connectivity index (χ3v) is 9.97. The number of likely N-dealkylation sites (tertiary alicyclic amines) is 1. The number of allylic oxidation sites excluding steroid dienone is 1. The van der Waals surface area contributed by atoms with Crippen molar-refractivity contribution in [3.63, 3.8) is 0 Å². The Labute approximate surface area is 306 Å². The van der Waals surface area contributed by atoms with Crippen LogP contribution < -0.4 is 21.3 Å². The van der Waals surface area contributed by atoms with Crippen molar-refractivity contribution >= 4 is 41.4 Å². The fourth-order valence-electron chi connectivity index (χ4n) is 6.64. The lowest BCUT2D eigenvalue weighted by Crippen LogP contribution is -2.60. The van der Waals surface area contributed by atoms with E-state index in [-0.39, 0.29) is 47.8 Å². The van der Waals surface area contributed by atoms with E-state index in [0.717, 1.165) is 0 Å². The first-order valence-corrected chi connectivity index (χ1v) is 17.8. The zero-order chi connectivity index (χ0) is 39.3. The average molecular weight is 725 g/mol. The van der Waals surface area contributed by atoms with Crippen LogP contribution in [0.25, 0.3) is 0 Å². The highest BCUT2D eigenvalue weighted by Crippen LogP contribution is 2.65. The second-order valence-electron chi connectivity index (χ2n) is 15.9. The largest absolute Gasteiger partial charge is 0.415 e. The predicted octanol–water partition coefficient (Wildman–Crippen LogP) is 2.70. The van der Waals surface area contributed by atoms with E-state index in [2.05, 4.69) is 27.8 Å². The Bertz CT molecular complexity index is 1550. The van der Waals surface area contributed by atoms with Crippen molar-refractivity contribution in [3.05, 3.63) is 48.2 Å². The van der Waals surface area contributed by atoms with Crippen LogP contribution in [0.1, 0.15) is 79.8 Å². The van der Waals surface area contributed by atoms with Gasteiger partial charge in [-0.15, -0.1) is 0 Å². The van der Waals surface area contributed by atoms with E-state index in [0.29, 0.717) is 12.0 Å². The summed E-state index contributed by atoms with van der Waals surface area (Å²) in [7, 11) is 3.11. The first-order valence-electron chi connectivity index (χ1n) is 17.8. The standard InChI is InChI=1S/C38H56N6O8/c1-12-16-25(30(46)33(48)39-19-26(45)41-28(34(49)43(10)11)23-17-14-13-15-18-23)40-32(47)29-27-24(38(27,8)9)20-44(29)35(50)31(37(5,6)7)42-36(51)52-22(4)21(2)3/h13-15,17-18,21,24-25,27-29,31H,4,12,16,19-20H2,1-3,5-11H3,(H,39,48)(H,40,47)(H,41,45)(H,42,51)/t24-,25?,27-,28+,29+,31-/m1/s1. The number of nitrogens with one attached hydrogen (secondary N) is 4. The molecule has 1 aromatic rings. The van der Waals surface area contributed by atoms with Crippen molar-refractivity contribution in [1.29, 1.82) is 0 Å². The van der Waals surface area contributed by atoms with Crippen LogP contribution in [0.15, 0.2) is 42.7 Å². The molecule has 14 heteroatoms. The Morgan fingerprint density at radius 2 is 1.62 bits per heavy atom. The fourth-order valence-corrected chi connectivity index (χ4v) is 6.64. The summed E-state index contributed by atoms with van der Waals surface area (Å²) in [6.45, 7) is 18.3. The van der Waals surface area contributed by atoms with Gasteiger partial charge in [0.05, 0.1) is 12.6 Å². The summed E-state index contributed by atoms with van der Waals surface area (Å²) in [5.41, 5.74) is -0.465. The number of carbonyl (C=O) groups is 7. The number of piperidine rings is 1. The Hall–Kier alpha value is -4.75. The van der Waals surface area contributed by atoms with Crippen LogP contribution in [-0.4, -0.2) is 96.5 Å². The van der Waals surface area contributed by atoms with Crippen LogP contribution in [0.4, 0.5) is 4.79 Å². The first-order chi connectivity index (χ1) is 24.1. The number of ether oxygens (including phenoxy) is 1. The van der Waals surface area contributed by atoms with Gasteiger partial charge in [-0.25, -0.2) is 4.79 Å². The lowest BCUT2D eigenvalue weighted by Gasteiger charge is -2.37. The maximum absolute atomic E-state index is 14.1. The van der Waals surface area contributed by atoms with Crippen LogP contribution in [0.2, 0.25) is 0 Å². The second kappa shape index (κ2) is 16.7. The summed E-state index contributed by atoms with van der Waals surface area (Å²) in [4.78, 5) is 95.9. The Morgan fingerprint density at radius 1 is 1.00 bits per heavy atom. The monoisotopic (exact) mass is 724 g/mol. The molecule has 0 radical (unpaired) electrons. The van der Waals surface area contributed by atoms with Crippen molar-refractivity contribution in [2.45, 2.75) is 92.4 Å². The van der Waals surface area contributed by atoms with Gasteiger partial charge < -0.3 is 35.8 Å². The van der Waals surface area contributed by atoms with Crippen LogP contribution in [0.3, 0.4) is 0 Å². The fraction of sp³-hybridized carbons (Fsp3) is 0.605. The third-order valence-electron chi connectivity index (χ3n) is 9.97. The number of likely N-dealkylation sites (N-methyl/N-ethyl adjacent to an activating group) is 1. The molecule has 14 nitrogen and oxygen atoms in total. The number of fused-ring (bicyclic) bond motifs is 1. The number of amides is 6. The van der Waals surface area contributed by atoms with Crippen LogP contribution in [-0.2, 0) is 33.5 Å². The molecule has 1 heterocycles. The molecule has 1 saturated carbocycles. The maximum Gasteiger partial charge on any atom is 0.412 e. The molecule has 4 N–H and O–H groups in total. The van der Waals surface area contributed by atoms with Gasteiger partial charge in [-0.1, -0.05) is 98.7 Å². The Kier molecular flexibility index (Phi) is 13.4. The molecule has 2 fully saturated rings. The van der Waals surface area contributed by atoms with Gasteiger partial charge >= 0.3 is 6.09 Å². The highest BCUT2D eigenvalue weighted by molar-refractivity contribution is 6.38. The number of benzene rings is 1. The number of rotatable bonds is 15. The summed E-state index contributed by atoms with van der Waals surface area (Å²) in [6.07, 6.45) is -0.251. The number of Topliss-reactive ketones (excluding diaryl/α,β-unsaturated/α-hetero) is 1. The van der Waals surface area contributed by atoms with Crippen molar-refractivity contribution in [1.82, 2.24) is 31.1 Å². The summed E-state index contributed by atoms with van der Waals surface area (Å²) < 4.78 is 5.30. The van der Waals surface area contributed by atoms with Crippen LogP contribution >= 0.6 is 0 Å². The predicted molar refractivity (Wildman–Crippen MR) is 194 cm³/mol. The molecule has 1 aromatic carbocycles. The molecule has 2 aliphatic rings. The second-order valence-corrected chi connectivity index (χ2v) is 15.9. The molecule has 1 saturated heterocycles. The summed E-state index contributed by atoms with van der Waals surface area (Å²) >= 11 is 0. The normalized spacial score (nSPS) is 20.4. The topological polar surface area (TPSA) is 183 Å². The molecule has 0 aromatic heterocycles. The first kappa shape index (κ1) is 41.7. The highest BCUT2D eigenvalue weighted by atomic mass is 16.6. The van der Waals surface area contributed by atoms with Crippen molar-refractivity contribution in [2.75, 3.05) is 27.2 Å². The Morgan fingerprint density at radius 3 is 2.15 bits per heavy atom. The van der Waals surface area contributed by atoms with Crippen molar-refractivity contribution < 1.29 is 38.3 Å². The molecule has 3 rings (SSSR count). The number of hydrogen-bond acceptors (Lipinski definition) is 8. The minimum Gasteiger partial charge on any atom is -0.415 e. The molecule has 286 valence electrons. The van der Waals surface area contributed by atoms with Crippen molar-refractivity contribution in [3.8, 4) is 0 Å². The van der Waals surface area contributed by atoms with E-state index < -0.39 is 71.6 Å². The van der Waals surface area contributed by atoms with E-state index in [1.54, 1.807) is 72.1 Å². The van der Waals surface area contributed by atoms with E-state index in [4.69, 9.17) is 4.74 Å². The summed E-state index contributed by atoms with van der Waals surface area (Å²) in [5.74, 6) is -4.22. The quantitative estimate of drug-likeness (QED) is 0.157. The Balaban J connectivity index is 1.73. The zero-order valence-electron chi connectivity index (χ0n) is 32.1. The van der Waals surface area contributed by atoms with Gasteiger partial charge in [-0.2, -0.15) is 0 Å². The lowest BCUT2D eigenvalue weighted by atomic mass is 9.85. The van der Waals surface area contributed by atoms with Crippen LogP contribution in [0, 0.1) is 28.6 Å². The SMILES string of the molecule is C=C(OC(=O)N[C@H](C(=O)N1C[C@@H]2[C@H]([C@H]1C(=O)NC(CCC)C(=O)C(=O)NCC(=O)N[C@H](C(=O)N(C)C)c1ccccc1)C2(C)C)C(C)(C)C)C(C)C. The van der Waals surface area contributed by atoms with E-state index >= 15 is 0 Å². The van der Waals surface area contributed by atoms with Gasteiger partial charge in [0.25, 0.3) is 5.91 Å². The number of ketones is 1. The summed E-state index contributed by atoms with van der Waals surface area (Å²) in [6, 6.07) is 4.39. The molecule has 1 aliphatic heterocycles. The van der Waals surface area contributed by atoms with E-state index in [9.17, 15) is 33.6 Å². The van der Waals surface area contributed by atoms with Gasteiger partial charge in [0.1, 0.15) is 23.9 Å². The molecule has 0 bridgehead atoms. The minimum absolute atomic E-state index is 0.0155. The third kappa shape index (κ3) is 9.77. The molecule has 6 amide bonds. The summed E-state index contributed by atoms with van der Waals surface area (Å²) in [5, 5.41) is 10.3. The van der Waals surface area contributed by atoms with Gasteiger partial charge in [0.2, 0.25) is 29.4 Å². The number of alkyl carbamates (subject to hydrolysis) is 1. The van der Waals surface area contributed by atoms with Gasteiger partial charge in [-0.05, 0) is 34.7 Å². The minimum atomic E-state index is -1.22.